The Kier molecular flexibility index (Phi) is 5.67. The molecule has 0 saturated heterocycles. The lowest BCUT2D eigenvalue weighted by molar-refractivity contribution is -0.384. The largest absolute Gasteiger partial charge is 0.480 e. The van der Waals surface area contributed by atoms with E-state index in [1.165, 1.54) is 24.3 Å². The molecule has 1 aromatic carbocycles. The summed E-state index contributed by atoms with van der Waals surface area (Å²) in [6.07, 6.45) is 4.82. The Morgan fingerprint density at radius 3 is 2.35 bits per heavy atom. The molecule has 0 spiro atoms. The van der Waals surface area contributed by atoms with Crippen molar-refractivity contribution in [3.05, 3.63) is 39.9 Å². The predicted octanol–water partition coefficient (Wildman–Crippen LogP) is 2.29. The zero-order valence-corrected chi connectivity index (χ0v) is 12.7. The molecule has 0 radical (unpaired) electrons. The Labute approximate surface area is 133 Å². The van der Waals surface area contributed by atoms with Crippen molar-refractivity contribution in [2.45, 2.75) is 44.6 Å². The molecule has 1 fully saturated rings. The van der Waals surface area contributed by atoms with E-state index in [-0.39, 0.29) is 23.9 Å². The van der Waals surface area contributed by atoms with Crippen molar-refractivity contribution in [2.75, 3.05) is 0 Å². The molecule has 0 aromatic heterocycles. The van der Waals surface area contributed by atoms with Crippen molar-refractivity contribution in [2.24, 2.45) is 5.92 Å². The van der Waals surface area contributed by atoms with Crippen molar-refractivity contribution in [3.63, 3.8) is 0 Å². The van der Waals surface area contributed by atoms with Crippen LogP contribution in [-0.4, -0.2) is 27.9 Å². The van der Waals surface area contributed by atoms with Gasteiger partial charge in [0, 0.05) is 24.5 Å². The summed E-state index contributed by atoms with van der Waals surface area (Å²) >= 11 is 0. The standard InChI is InChI=1S/C16H20N2O5/c19-15(12-4-2-1-3-5-12)17-14(16(20)21)10-11-6-8-13(9-7-11)18(22)23/h6-9,12,14H,1-5,10H2,(H,17,19)(H,20,21)/t14-/m0/s1. The SMILES string of the molecule is O=C(N[C@@H](Cc1ccc([N+](=O)[O-])cc1)C(=O)O)C1CCCCC1. The van der Waals surface area contributed by atoms with E-state index in [0.717, 1.165) is 32.1 Å². The summed E-state index contributed by atoms with van der Waals surface area (Å²) < 4.78 is 0. The Bertz CT molecular complexity index is 579. The third kappa shape index (κ3) is 4.77. The van der Waals surface area contributed by atoms with Crippen LogP contribution in [-0.2, 0) is 16.0 Å². The molecule has 1 atom stereocenters. The number of carboxylic acid groups (broad SMARTS) is 1. The molecule has 0 bridgehead atoms. The Morgan fingerprint density at radius 2 is 1.83 bits per heavy atom. The Balaban J connectivity index is 1.99. The van der Waals surface area contributed by atoms with E-state index in [0.29, 0.717) is 5.56 Å². The van der Waals surface area contributed by atoms with Crippen LogP contribution in [0.3, 0.4) is 0 Å². The van der Waals surface area contributed by atoms with Crippen molar-refractivity contribution < 1.29 is 19.6 Å². The average molecular weight is 320 g/mol. The second kappa shape index (κ2) is 7.71. The molecule has 2 N–H and O–H groups in total. The molecule has 2 rings (SSSR count). The van der Waals surface area contributed by atoms with Gasteiger partial charge in [0.1, 0.15) is 6.04 Å². The fourth-order valence-electron chi connectivity index (χ4n) is 2.84. The number of benzene rings is 1. The number of carboxylic acids is 1. The first-order valence-corrected chi connectivity index (χ1v) is 7.74. The number of carbonyl (C=O) groups excluding carboxylic acids is 1. The van der Waals surface area contributed by atoms with Gasteiger partial charge in [0.25, 0.3) is 5.69 Å². The first-order chi connectivity index (χ1) is 11.0. The minimum Gasteiger partial charge on any atom is -0.480 e. The zero-order chi connectivity index (χ0) is 16.8. The minimum absolute atomic E-state index is 0.0492. The lowest BCUT2D eigenvalue weighted by Gasteiger charge is -2.23. The maximum atomic E-state index is 12.2. The third-order valence-electron chi connectivity index (χ3n) is 4.18. The summed E-state index contributed by atoms with van der Waals surface area (Å²) in [5.41, 5.74) is 0.582. The number of hydrogen-bond donors (Lipinski definition) is 2. The van der Waals surface area contributed by atoms with Gasteiger partial charge in [-0.05, 0) is 18.4 Å². The topological polar surface area (TPSA) is 110 Å². The monoisotopic (exact) mass is 320 g/mol. The number of nitro benzene ring substituents is 1. The van der Waals surface area contributed by atoms with Crippen LogP contribution in [0.15, 0.2) is 24.3 Å². The molecule has 0 unspecified atom stereocenters. The first kappa shape index (κ1) is 16.9. The lowest BCUT2D eigenvalue weighted by atomic mass is 9.88. The van der Waals surface area contributed by atoms with Gasteiger partial charge < -0.3 is 10.4 Å². The number of nitrogens with one attached hydrogen (secondary N) is 1. The predicted molar refractivity (Wildman–Crippen MR) is 82.9 cm³/mol. The maximum absolute atomic E-state index is 12.2. The molecule has 0 aliphatic heterocycles. The van der Waals surface area contributed by atoms with Crippen LogP contribution in [0.2, 0.25) is 0 Å². The Morgan fingerprint density at radius 1 is 1.22 bits per heavy atom. The van der Waals surface area contributed by atoms with E-state index in [1.54, 1.807) is 0 Å². The van der Waals surface area contributed by atoms with Crippen molar-refractivity contribution in [1.29, 1.82) is 0 Å². The van der Waals surface area contributed by atoms with Gasteiger partial charge in [-0.1, -0.05) is 31.4 Å². The van der Waals surface area contributed by atoms with Gasteiger partial charge in [0.2, 0.25) is 5.91 Å². The number of nitro groups is 1. The van der Waals surface area contributed by atoms with E-state index >= 15 is 0 Å². The number of rotatable bonds is 6. The fraction of sp³-hybridized carbons (Fsp3) is 0.500. The number of hydrogen-bond acceptors (Lipinski definition) is 4. The highest BCUT2D eigenvalue weighted by Crippen LogP contribution is 2.24. The molecule has 23 heavy (non-hydrogen) atoms. The van der Waals surface area contributed by atoms with Crippen LogP contribution in [0.25, 0.3) is 0 Å². The number of nitrogens with zero attached hydrogens (tertiary/aromatic N) is 1. The smallest absolute Gasteiger partial charge is 0.326 e. The number of non-ortho nitro benzene ring substituents is 1. The van der Waals surface area contributed by atoms with Crippen molar-refractivity contribution in [3.8, 4) is 0 Å². The number of carbonyl (C=O) groups is 2. The van der Waals surface area contributed by atoms with Crippen molar-refractivity contribution >= 4 is 17.6 Å². The third-order valence-corrected chi connectivity index (χ3v) is 4.18. The highest BCUT2D eigenvalue weighted by atomic mass is 16.6. The van der Waals surface area contributed by atoms with E-state index < -0.39 is 16.9 Å². The van der Waals surface area contributed by atoms with Gasteiger partial charge in [-0.15, -0.1) is 0 Å². The average Bonchev–Trinajstić information content (AvgIpc) is 2.55. The molecule has 7 nitrogen and oxygen atoms in total. The summed E-state index contributed by atoms with van der Waals surface area (Å²) in [4.78, 5) is 33.7. The first-order valence-electron chi connectivity index (χ1n) is 7.74. The second-order valence-electron chi connectivity index (χ2n) is 5.86. The summed E-state index contributed by atoms with van der Waals surface area (Å²) in [7, 11) is 0. The minimum atomic E-state index is -1.10. The molecular weight excluding hydrogens is 300 g/mol. The van der Waals surface area contributed by atoms with E-state index in [9.17, 15) is 24.8 Å². The Hall–Kier alpha value is -2.44. The van der Waals surface area contributed by atoms with E-state index in [4.69, 9.17) is 0 Å². The van der Waals surface area contributed by atoms with Gasteiger partial charge in [-0.2, -0.15) is 0 Å². The molecule has 0 heterocycles. The number of aliphatic carboxylic acids is 1. The second-order valence-corrected chi connectivity index (χ2v) is 5.86. The molecule has 1 aromatic rings. The zero-order valence-electron chi connectivity index (χ0n) is 12.7. The molecule has 1 aliphatic rings. The lowest BCUT2D eigenvalue weighted by Crippen LogP contribution is -2.45. The van der Waals surface area contributed by atoms with Crippen LogP contribution < -0.4 is 5.32 Å². The van der Waals surface area contributed by atoms with Crippen LogP contribution in [0.4, 0.5) is 5.69 Å². The highest BCUT2D eigenvalue weighted by molar-refractivity contribution is 5.85. The normalized spacial score (nSPS) is 16.5. The summed E-state index contributed by atoms with van der Waals surface area (Å²) in [5, 5.41) is 22.5. The van der Waals surface area contributed by atoms with E-state index in [2.05, 4.69) is 5.32 Å². The quantitative estimate of drug-likeness (QED) is 0.617. The van der Waals surface area contributed by atoms with E-state index in [1.807, 2.05) is 0 Å². The maximum Gasteiger partial charge on any atom is 0.326 e. The van der Waals surface area contributed by atoms with Crippen LogP contribution in [0.1, 0.15) is 37.7 Å². The van der Waals surface area contributed by atoms with Gasteiger partial charge in [-0.25, -0.2) is 4.79 Å². The number of amides is 1. The van der Waals surface area contributed by atoms with Crippen LogP contribution in [0.5, 0.6) is 0 Å². The van der Waals surface area contributed by atoms with Crippen LogP contribution in [0, 0.1) is 16.0 Å². The molecule has 124 valence electrons. The van der Waals surface area contributed by atoms with Gasteiger partial charge in [0.15, 0.2) is 0 Å². The molecular formula is C16H20N2O5. The molecule has 1 aliphatic carbocycles. The van der Waals surface area contributed by atoms with Crippen LogP contribution >= 0.6 is 0 Å². The summed E-state index contributed by atoms with van der Waals surface area (Å²) in [5.74, 6) is -1.42. The highest BCUT2D eigenvalue weighted by Gasteiger charge is 2.26. The molecule has 1 amide bonds. The molecule has 7 heteroatoms. The summed E-state index contributed by atoms with van der Waals surface area (Å²) in [6, 6.07) is 4.67. The van der Waals surface area contributed by atoms with Gasteiger partial charge in [-0.3, -0.25) is 14.9 Å². The van der Waals surface area contributed by atoms with Crippen molar-refractivity contribution in [1.82, 2.24) is 5.32 Å². The fourth-order valence-corrected chi connectivity index (χ4v) is 2.84. The molecule has 1 saturated carbocycles. The summed E-state index contributed by atoms with van der Waals surface area (Å²) in [6.45, 7) is 0. The van der Waals surface area contributed by atoms with Gasteiger partial charge in [0.05, 0.1) is 4.92 Å². The van der Waals surface area contributed by atoms with Gasteiger partial charge >= 0.3 is 5.97 Å².